The Balaban J connectivity index is 1.73. The molecule has 1 atom stereocenters. The quantitative estimate of drug-likeness (QED) is 0.737. The number of halogens is 1. The van der Waals surface area contributed by atoms with E-state index in [1.807, 2.05) is 42.6 Å². The second-order valence-electron chi connectivity index (χ2n) is 5.59. The van der Waals surface area contributed by atoms with E-state index in [1.54, 1.807) is 4.90 Å². The highest BCUT2D eigenvalue weighted by atomic mass is 127. The van der Waals surface area contributed by atoms with Gasteiger partial charge in [0.25, 0.3) is 5.91 Å². The minimum Gasteiger partial charge on any atom is -0.326 e. The van der Waals surface area contributed by atoms with Crippen LogP contribution in [-0.4, -0.2) is 29.3 Å². The van der Waals surface area contributed by atoms with Gasteiger partial charge in [0.1, 0.15) is 6.04 Å². The third-order valence-corrected chi connectivity index (χ3v) is 6.01. The lowest BCUT2D eigenvalue weighted by Gasteiger charge is -2.23. The molecule has 1 aliphatic rings. The number of nitrogens with zero attached hydrogens (tertiary/aromatic N) is 1. The van der Waals surface area contributed by atoms with Crippen LogP contribution in [0.1, 0.15) is 28.1 Å². The van der Waals surface area contributed by atoms with Gasteiger partial charge in [0.05, 0.1) is 4.88 Å². The Labute approximate surface area is 153 Å². The first-order chi connectivity index (χ1) is 11.1. The second-order valence-corrected chi connectivity index (χ2v) is 7.70. The smallest absolute Gasteiger partial charge is 0.264 e. The van der Waals surface area contributed by atoms with Crippen LogP contribution < -0.4 is 5.32 Å². The maximum atomic E-state index is 12.6. The number of hydrogen-bond acceptors (Lipinski definition) is 3. The number of rotatable bonds is 3. The van der Waals surface area contributed by atoms with Crippen molar-refractivity contribution in [3.05, 3.63) is 49.7 Å². The molecule has 23 heavy (non-hydrogen) atoms. The van der Waals surface area contributed by atoms with E-state index in [4.69, 9.17) is 0 Å². The van der Waals surface area contributed by atoms with Gasteiger partial charge < -0.3 is 10.2 Å². The maximum Gasteiger partial charge on any atom is 0.264 e. The molecule has 1 fully saturated rings. The Morgan fingerprint density at radius 3 is 2.87 bits per heavy atom. The summed E-state index contributed by atoms with van der Waals surface area (Å²) in [6.45, 7) is 2.67. The average Bonchev–Trinajstić information content (AvgIpc) is 3.21. The lowest BCUT2D eigenvalue weighted by atomic mass is 10.2. The van der Waals surface area contributed by atoms with Crippen LogP contribution in [-0.2, 0) is 4.79 Å². The molecule has 1 aliphatic heterocycles. The minimum absolute atomic E-state index is 0.0452. The van der Waals surface area contributed by atoms with Gasteiger partial charge in [-0.1, -0.05) is 12.1 Å². The Kier molecular flexibility index (Phi) is 5.01. The minimum atomic E-state index is -0.386. The summed E-state index contributed by atoms with van der Waals surface area (Å²) in [5, 5.41) is 4.83. The Morgan fingerprint density at radius 2 is 2.17 bits per heavy atom. The SMILES string of the molecule is Cc1ccc(NC(=O)[C@H]2CCCN2C(=O)c2cccs2)cc1I. The van der Waals surface area contributed by atoms with E-state index in [1.165, 1.54) is 16.9 Å². The molecule has 2 heterocycles. The molecule has 0 radical (unpaired) electrons. The second kappa shape index (κ2) is 7.00. The van der Waals surface area contributed by atoms with Crippen LogP contribution in [0.4, 0.5) is 5.69 Å². The molecule has 4 nitrogen and oxygen atoms in total. The molecule has 2 amide bonds. The predicted octanol–water partition coefficient (Wildman–Crippen LogP) is 3.90. The monoisotopic (exact) mass is 440 g/mol. The number of carbonyl (C=O) groups excluding carboxylic acids is 2. The summed E-state index contributed by atoms with van der Waals surface area (Å²) in [4.78, 5) is 27.5. The van der Waals surface area contributed by atoms with E-state index >= 15 is 0 Å². The van der Waals surface area contributed by atoms with Gasteiger partial charge >= 0.3 is 0 Å². The molecular formula is C17H17IN2O2S. The van der Waals surface area contributed by atoms with E-state index < -0.39 is 0 Å². The van der Waals surface area contributed by atoms with Crippen LogP contribution in [0.25, 0.3) is 0 Å². The molecule has 1 aromatic carbocycles. The predicted molar refractivity (Wildman–Crippen MR) is 101 cm³/mol. The topological polar surface area (TPSA) is 49.4 Å². The van der Waals surface area contributed by atoms with Crippen molar-refractivity contribution in [3.8, 4) is 0 Å². The van der Waals surface area contributed by atoms with E-state index in [2.05, 4.69) is 27.9 Å². The molecule has 6 heteroatoms. The molecule has 0 aliphatic carbocycles. The third-order valence-electron chi connectivity index (χ3n) is 3.99. The molecule has 0 unspecified atom stereocenters. The van der Waals surface area contributed by atoms with E-state index in [0.717, 1.165) is 15.7 Å². The van der Waals surface area contributed by atoms with Gasteiger partial charge in [0, 0.05) is 15.8 Å². The molecule has 2 aromatic rings. The van der Waals surface area contributed by atoms with Gasteiger partial charge in [-0.05, 0) is 71.5 Å². The van der Waals surface area contributed by atoms with Gasteiger partial charge in [0.2, 0.25) is 5.91 Å². The van der Waals surface area contributed by atoms with Crippen molar-refractivity contribution in [2.45, 2.75) is 25.8 Å². The number of amides is 2. The lowest BCUT2D eigenvalue weighted by Crippen LogP contribution is -2.42. The zero-order valence-corrected chi connectivity index (χ0v) is 15.7. The first kappa shape index (κ1) is 16.4. The molecule has 1 aromatic heterocycles. The standard InChI is InChI=1S/C17H17IN2O2S/c1-11-6-7-12(10-13(11)18)19-16(21)14-4-2-8-20(14)17(22)15-5-3-9-23-15/h3,5-7,9-10,14H,2,4,8H2,1H3,(H,19,21)/t14-/m1/s1. The highest BCUT2D eigenvalue weighted by Crippen LogP contribution is 2.24. The number of anilines is 1. The molecule has 1 N–H and O–H groups in total. The van der Waals surface area contributed by atoms with E-state index in [9.17, 15) is 9.59 Å². The van der Waals surface area contributed by atoms with Gasteiger partial charge in [-0.3, -0.25) is 9.59 Å². The number of hydrogen-bond donors (Lipinski definition) is 1. The Morgan fingerprint density at radius 1 is 1.35 bits per heavy atom. The first-order valence-electron chi connectivity index (χ1n) is 7.48. The summed E-state index contributed by atoms with van der Waals surface area (Å²) in [6, 6.07) is 9.12. The van der Waals surface area contributed by atoms with Gasteiger partial charge in [0.15, 0.2) is 0 Å². The molecular weight excluding hydrogens is 423 g/mol. The number of benzene rings is 1. The number of thiophene rings is 1. The number of nitrogens with one attached hydrogen (secondary N) is 1. The molecule has 3 rings (SSSR count). The number of aryl methyl sites for hydroxylation is 1. The fourth-order valence-electron chi connectivity index (χ4n) is 2.72. The van der Waals surface area contributed by atoms with E-state index in [-0.39, 0.29) is 17.9 Å². The summed E-state index contributed by atoms with van der Waals surface area (Å²) in [5.41, 5.74) is 1.96. The van der Waals surface area contributed by atoms with Crippen molar-refractivity contribution < 1.29 is 9.59 Å². The van der Waals surface area contributed by atoms with Crippen LogP contribution in [0.5, 0.6) is 0 Å². The summed E-state index contributed by atoms with van der Waals surface area (Å²) in [7, 11) is 0. The Bertz CT molecular complexity index is 730. The fourth-order valence-corrected chi connectivity index (χ4v) is 3.91. The largest absolute Gasteiger partial charge is 0.326 e. The molecule has 0 bridgehead atoms. The van der Waals surface area contributed by atoms with Crippen LogP contribution in [0.2, 0.25) is 0 Å². The number of carbonyl (C=O) groups is 2. The summed E-state index contributed by atoms with van der Waals surface area (Å²) in [6.07, 6.45) is 1.58. The van der Waals surface area contributed by atoms with Gasteiger partial charge in [-0.2, -0.15) is 0 Å². The van der Waals surface area contributed by atoms with Crippen LogP contribution >= 0.6 is 33.9 Å². The van der Waals surface area contributed by atoms with Crippen molar-refractivity contribution in [2.75, 3.05) is 11.9 Å². The fraction of sp³-hybridized carbons (Fsp3) is 0.294. The molecule has 0 spiro atoms. The molecule has 1 saturated heterocycles. The van der Waals surface area contributed by atoms with Gasteiger partial charge in [-0.15, -0.1) is 11.3 Å². The first-order valence-corrected chi connectivity index (χ1v) is 9.43. The summed E-state index contributed by atoms with van der Waals surface area (Å²) < 4.78 is 1.11. The van der Waals surface area contributed by atoms with E-state index in [0.29, 0.717) is 17.8 Å². The van der Waals surface area contributed by atoms with Gasteiger partial charge in [-0.25, -0.2) is 0 Å². The Hall–Kier alpha value is -1.41. The zero-order valence-electron chi connectivity index (χ0n) is 12.7. The lowest BCUT2D eigenvalue weighted by molar-refractivity contribution is -0.119. The summed E-state index contributed by atoms with van der Waals surface area (Å²) in [5.74, 6) is -0.150. The van der Waals surface area contributed by atoms with Crippen molar-refractivity contribution in [2.24, 2.45) is 0 Å². The van der Waals surface area contributed by atoms with Crippen LogP contribution in [0.3, 0.4) is 0 Å². The average molecular weight is 440 g/mol. The maximum absolute atomic E-state index is 12.6. The van der Waals surface area contributed by atoms with Crippen molar-refractivity contribution in [1.82, 2.24) is 4.90 Å². The van der Waals surface area contributed by atoms with Crippen molar-refractivity contribution >= 4 is 51.4 Å². The normalized spacial score (nSPS) is 17.3. The third kappa shape index (κ3) is 3.58. The molecule has 0 saturated carbocycles. The van der Waals surface area contributed by atoms with Crippen LogP contribution in [0.15, 0.2) is 35.7 Å². The van der Waals surface area contributed by atoms with Crippen molar-refractivity contribution in [3.63, 3.8) is 0 Å². The highest BCUT2D eigenvalue weighted by molar-refractivity contribution is 14.1. The van der Waals surface area contributed by atoms with Crippen molar-refractivity contribution in [1.29, 1.82) is 0 Å². The zero-order chi connectivity index (χ0) is 16.4. The van der Waals surface area contributed by atoms with Crippen LogP contribution in [0, 0.1) is 10.5 Å². The highest BCUT2D eigenvalue weighted by Gasteiger charge is 2.34. The molecule has 120 valence electrons. The number of likely N-dealkylation sites (tertiary alicyclic amines) is 1. The summed E-state index contributed by atoms with van der Waals surface area (Å²) >= 11 is 3.67.